The van der Waals surface area contributed by atoms with Crippen molar-refractivity contribution in [2.24, 2.45) is 0 Å². The summed E-state index contributed by atoms with van der Waals surface area (Å²) in [6, 6.07) is 2.96. The fraction of sp³-hybridized carbons (Fsp3) is 0.357. The first kappa shape index (κ1) is 14.0. The van der Waals surface area contributed by atoms with Gasteiger partial charge in [0.1, 0.15) is 5.57 Å². The van der Waals surface area contributed by atoms with Crippen LogP contribution in [0.4, 0.5) is 4.79 Å². The van der Waals surface area contributed by atoms with Crippen LogP contribution in [-0.4, -0.2) is 42.0 Å². The molecule has 1 N–H and O–H groups in total. The summed E-state index contributed by atoms with van der Waals surface area (Å²) in [5.74, 6) is -1.21. The van der Waals surface area contributed by atoms with Crippen molar-refractivity contribution in [3.05, 3.63) is 28.0 Å². The van der Waals surface area contributed by atoms with E-state index < -0.39 is 17.8 Å². The molecule has 0 aromatic carbocycles. The number of nitrogens with zero attached hydrogens (tertiary/aromatic N) is 1. The predicted octanol–water partition coefficient (Wildman–Crippen LogP) is 1.39. The quantitative estimate of drug-likeness (QED) is 0.676. The fourth-order valence-corrected chi connectivity index (χ4v) is 3.02. The number of ether oxygens (including phenoxy) is 1. The highest BCUT2D eigenvalue weighted by atomic mass is 32.1. The minimum absolute atomic E-state index is 0.0185. The summed E-state index contributed by atoms with van der Waals surface area (Å²) in [6.07, 6.45) is 3.10. The van der Waals surface area contributed by atoms with Crippen LogP contribution in [0.5, 0.6) is 0 Å². The highest BCUT2D eigenvalue weighted by Crippen LogP contribution is 2.20. The number of thiophene rings is 1. The van der Waals surface area contributed by atoms with Crippen molar-refractivity contribution in [2.45, 2.75) is 18.9 Å². The number of urea groups is 1. The van der Waals surface area contributed by atoms with Crippen LogP contribution in [0.1, 0.15) is 17.7 Å². The first-order chi connectivity index (χ1) is 10.1. The van der Waals surface area contributed by atoms with Crippen molar-refractivity contribution in [3.8, 4) is 0 Å². The van der Waals surface area contributed by atoms with Crippen molar-refractivity contribution in [2.75, 3.05) is 13.2 Å². The Morgan fingerprint density at radius 1 is 1.43 bits per heavy atom. The lowest BCUT2D eigenvalue weighted by Crippen LogP contribution is -2.55. The van der Waals surface area contributed by atoms with E-state index in [2.05, 4.69) is 5.32 Å². The van der Waals surface area contributed by atoms with Gasteiger partial charge in [-0.25, -0.2) is 4.79 Å². The fourth-order valence-electron chi connectivity index (χ4n) is 2.37. The minimum atomic E-state index is -0.677. The lowest BCUT2D eigenvalue weighted by atomic mass is 10.1. The third kappa shape index (κ3) is 2.88. The van der Waals surface area contributed by atoms with Gasteiger partial charge >= 0.3 is 6.03 Å². The standard InChI is InChI=1S/C14H14N2O4S/c17-12-11(7-10-4-2-6-21-10)13(18)16(14(19)15-12)8-9-3-1-5-20-9/h2,4,6-7,9H,1,3,5,8H2,(H,15,17,19)/b11-7-/t9-/m1/s1. The molecule has 21 heavy (non-hydrogen) atoms. The van der Waals surface area contributed by atoms with Gasteiger partial charge in [0.15, 0.2) is 0 Å². The zero-order valence-electron chi connectivity index (χ0n) is 11.2. The Labute approximate surface area is 125 Å². The highest BCUT2D eigenvalue weighted by Gasteiger charge is 2.37. The maximum atomic E-state index is 12.4. The van der Waals surface area contributed by atoms with Crippen LogP contribution >= 0.6 is 11.3 Å². The molecule has 1 atom stereocenters. The molecule has 2 fully saturated rings. The van der Waals surface area contributed by atoms with Gasteiger partial charge in [-0.3, -0.25) is 19.8 Å². The molecular weight excluding hydrogens is 292 g/mol. The van der Waals surface area contributed by atoms with Crippen molar-refractivity contribution in [3.63, 3.8) is 0 Å². The smallest absolute Gasteiger partial charge is 0.331 e. The summed E-state index contributed by atoms with van der Waals surface area (Å²) in [6.45, 7) is 0.824. The molecule has 1 aromatic rings. The topological polar surface area (TPSA) is 75.7 Å². The SMILES string of the molecule is O=C1NC(=O)N(C[C@H]2CCCO2)C(=O)/C1=C\c1cccs1. The Hall–Kier alpha value is -1.99. The van der Waals surface area contributed by atoms with Gasteiger partial charge < -0.3 is 4.74 Å². The average molecular weight is 306 g/mol. The average Bonchev–Trinajstić information content (AvgIpc) is 3.13. The van der Waals surface area contributed by atoms with Crippen molar-refractivity contribution >= 4 is 35.3 Å². The van der Waals surface area contributed by atoms with Gasteiger partial charge in [-0.05, 0) is 30.4 Å². The molecule has 7 heteroatoms. The predicted molar refractivity (Wildman–Crippen MR) is 76.5 cm³/mol. The number of imide groups is 2. The highest BCUT2D eigenvalue weighted by molar-refractivity contribution is 7.10. The van der Waals surface area contributed by atoms with E-state index in [4.69, 9.17) is 4.74 Å². The number of hydrogen-bond acceptors (Lipinski definition) is 5. The van der Waals surface area contributed by atoms with Crippen molar-refractivity contribution in [1.82, 2.24) is 10.2 Å². The summed E-state index contributed by atoms with van der Waals surface area (Å²) in [4.78, 5) is 37.9. The summed E-state index contributed by atoms with van der Waals surface area (Å²) >= 11 is 1.42. The normalized spacial score (nSPS) is 24.8. The number of hydrogen-bond donors (Lipinski definition) is 1. The number of carbonyl (C=O) groups is 3. The Kier molecular flexibility index (Phi) is 3.85. The maximum absolute atomic E-state index is 12.4. The molecule has 0 unspecified atom stereocenters. The molecule has 6 nitrogen and oxygen atoms in total. The Morgan fingerprint density at radius 3 is 2.95 bits per heavy atom. The number of rotatable bonds is 3. The molecule has 0 spiro atoms. The van der Waals surface area contributed by atoms with Gasteiger partial charge in [0.2, 0.25) is 0 Å². The third-order valence-electron chi connectivity index (χ3n) is 3.43. The van der Waals surface area contributed by atoms with Crippen molar-refractivity contribution < 1.29 is 19.1 Å². The summed E-state index contributed by atoms with van der Waals surface area (Å²) < 4.78 is 5.44. The van der Waals surface area contributed by atoms with E-state index in [1.54, 1.807) is 6.07 Å². The van der Waals surface area contributed by atoms with Crippen LogP contribution in [0, 0.1) is 0 Å². The molecule has 0 bridgehead atoms. The second-order valence-electron chi connectivity index (χ2n) is 4.88. The van der Waals surface area contributed by atoms with Crippen molar-refractivity contribution in [1.29, 1.82) is 0 Å². The van der Waals surface area contributed by atoms with Gasteiger partial charge in [0, 0.05) is 11.5 Å². The van der Waals surface area contributed by atoms with E-state index in [9.17, 15) is 14.4 Å². The van der Waals surface area contributed by atoms with Crippen LogP contribution < -0.4 is 5.32 Å². The monoisotopic (exact) mass is 306 g/mol. The van der Waals surface area contributed by atoms with E-state index in [0.29, 0.717) is 6.61 Å². The van der Waals surface area contributed by atoms with Crippen LogP contribution in [0.3, 0.4) is 0 Å². The summed E-state index contributed by atoms with van der Waals surface area (Å²) in [5.41, 5.74) is -0.0185. The van der Waals surface area contributed by atoms with E-state index in [0.717, 1.165) is 22.6 Å². The van der Waals surface area contributed by atoms with Crippen LogP contribution in [0.15, 0.2) is 23.1 Å². The second-order valence-corrected chi connectivity index (χ2v) is 5.86. The zero-order chi connectivity index (χ0) is 14.8. The molecule has 4 amide bonds. The molecule has 3 rings (SSSR count). The molecule has 110 valence electrons. The molecule has 0 saturated carbocycles. The first-order valence-electron chi connectivity index (χ1n) is 6.69. The van der Waals surface area contributed by atoms with E-state index in [-0.39, 0.29) is 18.2 Å². The molecule has 0 aliphatic carbocycles. The number of amides is 4. The molecule has 2 aliphatic heterocycles. The lowest BCUT2D eigenvalue weighted by molar-refractivity contribution is -0.131. The maximum Gasteiger partial charge on any atom is 0.331 e. The zero-order valence-corrected chi connectivity index (χ0v) is 12.0. The Balaban J connectivity index is 1.82. The van der Waals surface area contributed by atoms with Crippen LogP contribution in [0.25, 0.3) is 6.08 Å². The van der Waals surface area contributed by atoms with Gasteiger partial charge in [0.25, 0.3) is 11.8 Å². The number of carbonyl (C=O) groups excluding carboxylic acids is 3. The van der Waals surface area contributed by atoms with E-state index >= 15 is 0 Å². The molecule has 1 aromatic heterocycles. The van der Waals surface area contributed by atoms with E-state index in [1.165, 1.54) is 17.4 Å². The third-order valence-corrected chi connectivity index (χ3v) is 4.25. The van der Waals surface area contributed by atoms with Gasteiger partial charge in [-0.1, -0.05) is 6.07 Å². The second kappa shape index (κ2) is 5.79. The minimum Gasteiger partial charge on any atom is -0.376 e. The van der Waals surface area contributed by atoms with Gasteiger partial charge in [-0.15, -0.1) is 11.3 Å². The van der Waals surface area contributed by atoms with Crippen LogP contribution in [0.2, 0.25) is 0 Å². The van der Waals surface area contributed by atoms with Crippen LogP contribution in [-0.2, 0) is 14.3 Å². The summed E-state index contributed by atoms with van der Waals surface area (Å²) in [7, 11) is 0. The molecular formula is C14H14N2O4S. The molecule has 2 aliphatic rings. The van der Waals surface area contributed by atoms with E-state index in [1.807, 2.05) is 11.4 Å². The molecule has 0 radical (unpaired) electrons. The first-order valence-corrected chi connectivity index (χ1v) is 7.57. The largest absolute Gasteiger partial charge is 0.376 e. The van der Waals surface area contributed by atoms with Gasteiger partial charge in [0.05, 0.1) is 12.6 Å². The van der Waals surface area contributed by atoms with Gasteiger partial charge in [-0.2, -0.15) is 0 Å². The Morgan fingerprint density at radius 2 is 2.29 bits per heavy atom. The molecule has 3 heterocycles. The Bertz CT molecular complexity index is 603. The summed E-state index contributed by atoms with van der Waals surface area (Å²) in [5, 5.41) is 4.06. The number of nitrogens with one attached hydrogen (secondary N) is 1. The lowest BCUT2D eigenvalue weighted by Gasteiger charge is -2.28. The number of barbiturate groups is 1. The molecule has 2 saturated heterocycles.